The van der Waals surface area contributed by atoms with Crippen LogP contribution in [0.5, 0.6) is 0 Å². The average molecular weight is 381 g/mol. The number of anilines is 3. The van der Waals surface area contributed by atoms with Crippen LogP contribution >= 0.6 is 0 Å². The van der Waals surface area contributed by atoms with Gasteiger partial charge in [0.05, 0.1) is 11.6 Å². The molecule has 2 aliphatic heterocycles. The van der Waals surface area contributed by atoms with Crippen molar-refractivity contribution in [1.29, 1.82) is 0 Å². The van der Waals surface area contributed by atoms with Crippen LogP contribution < -0.4 is 15.1 Å². The summed E-state index contributed by atoms with van der Waals surface area (Å²) in [4.78, 5) is 25.9. The summed E-state index contributed by atoms with van der Waals surface area (Å²) in [7, 11) is 0. The van der Waals surface area contributed by atoms with Gasteiger partial charge in [0.15, 0.2) is 5.82 Å². The van der Waals surface area contributed by atoms with Gasteiger partial charge in [-0.1, -0.05) is 0 Å². The Hall–Kier alpha value is -2.77. The summed E-state index contributed by atoms with van der Waals surface area (Å²) < 4.78 is 0. The molecule has 1 amide bonds. The van der Waals surface area contributed by atoms with E-state index in [9.17, 15) is 4.79 Å². The molecule has 0 aliphatic carbocycles. The van der Waals surface area contributed by atoms with E-state index in [0.717, 1.165) is 49.8 Å². The first-order valence-electron chi connectivity index (χ1n) is 10.1. The SMILES string of the molecule is Cc1ccc(N2CCCC(C(=O)Nc3cc(N4CCCCC4)ncn3)C2)nn1. The highest BCUT2D eigenvalue weighted by molar-refractivity contribution is 5.92. The van der Waals surface area contributed by atoms with Crippen molar-refractivity contribution in [2.24, 2.45) is 5.92 Å². The predicted molar refractivity (Wildman–Crippen MR) is 108 cm³/mol. The minimum Gasteiger partial charge on any atom is -0.356 e. The number of carbonyl (C=O) groups is 1. The Labute approximate surface area is 165 Å². The zero-order chi connectivity index (χ0) is 19.3. The number of hydrogen-bond acceptors (Lipinski definition) is 7. The van der Waals surface area contributed by atoms with Crippen molar-refractivity contribution in [2.45, 2.75) is 39.0 Å². The van der Waals surface area contributed by atoms with Crippen molar-refractivity contribution in [1.82, 2.24) is 20.2 Å². The summed E-state index contributed by atoms with van der Waals surface area (Å²) in [5, 5.41) is 11.4. The molecule has 0 radical (unpaired) electrons. The van der Waals surface area contributed by atoms with E-state index < -0.39 is 0 Å². The van der Waals surface area contributed by atoms with Crippen LogP contribution in [0.15, 0.2) is 24.5 Å². The first-order valence-corrected chi connectivity index (χ1v) is 10.1. The Morgan fingerprint density at radius 3 is 2.61 bits per heavy atom. The molecule has 148 valence electrons. The summed E-state index contributed by atoms with van der Waals surface area (Å²) in [6.07, 6.45) is 7.00. The number of rotatable bonds is 4. The molecule has 8 nitrogen and oxygen atoms in total. The van der Waals surface area contributed by atoms with Gasteiger partial charge in [-0.05, 0) is 51.2 Å². The molecular formula is C20H27N7O. The Morgan fingerprint density at radius 2 is 1.82 bits per heavy atom. The molecule has 4 rings (SSSR count). The fraction of sp³-hybridized carbons (Fsp3) is 0.550. The summed E-state index contributed by atoms with van der Waals surface area (Å²) in [6, 6.07) is 5.81. The van der Waals surface area contributed by atoms with Crippen LogP contribution in [0.3, 0.4) is 0 Å². The Kier molecular flexibility index (Phi) is 5.64. The molecule has 1 unspecified atom stereocenters. The summed E-state index contributed by atoms with van der Waals surface area (Å²) in [6.45, 7) is 5.49. The molecule has 0 saturated carbocycles. The predicted octanol–water partition coefficient (Wildman–Crippen LogP) is 2.42. The molecular weight excluding hydrogens is 354 g/mol. The second-order valence-electron chi connectivity index (χ2n) is 7.62. The Balaban J connectivity index is 1.39. The van der Waals surface area contributed by atoms with Crippen molar-refractivity contribution in [3.63, 3.8) is 0 Å². The first kappa shape index (κ1) is 18.6. The van der Waals surface area contributed by atoms with Crippen LogP contribution in [0.4, 0.5) is 17.5 Å². The van der Waals surface area contributed by atoms with Crippen molar-refractivity contribution in [2.75, 3.05) is 41.3 Å². The topological polar surface area (TPSA) is 87.1 Å². The fourth-order valence-corrected chi connectivity index (χ4v) is 3.90. The maximum atomic E-state index is 12.8. The van der Waals surface area contributed by atoms with E-state index in [-0.39, 0.29) is 11.8 Å². The molecule has 2 fully saturated rings. The highest BCUT2D eigenvalue weighted by Gasteiger charge is 2.27. The monoisotopic (exact) mass is 381 g/mol. The van der Waals surface area contributed by atoms with E-state index in [2.05, 4.69) is 35.3 Å². The first-order chi connectivity index (χ1) is 13.7. The maximum Gasteiger partial charge on any atom is 0.230 e. The standard InChI is InChI=1S/C20H27N7O/c1-15-7-8-18(25-24-15)27-11-5-6-16(13-27)20(28)23-17-12-19(22-14-21-17)26-9-3-2-4-10-26/h7-8,12,14,16H,2-6,9-11,13H2,1H3,(H,21,22,23,28). The lowest BCUT2D eigenvalue weighted by Gasteiger charge is -2.32. The van der Waals surface area contributed by atoms with E-state index in [1.807, 2.05) is 25.1 Å². The quantitative estimate of drug-likeness (QED) is 0.870. The minimum absolute atomic E-state index is 0.00747. The molecule has 0 aromatic carbocycles. The molecule has 1 atom stereocenters. The van der Waals surface area contributed by atoms with Crippen LogP contribution in [0, 0.1) is 12.8 Å². The molecule has 1 N–H and O–H groups in total. The van der Waals surface area contributed by atoms with E-state index in [1.54, 1.807) is 0 Å². The van der Waals surface area contributed by atoms with E-state index >= 15 is 0 Å². The molecule has 28 heavy (non-hydrogen) atoms. The lowest BCUT2D eigenvalue weighted by molar-refractivity contribution is -0.120. The zero-order valence-electron chi connectivity index (χ0n) is 16.3. The van der Waals surface area contributed by atoms with Gasteiger partial charge in [-0.2, -0.15) is 5.10 Å². The van der Waals surface area contributed by atoms with Gasteiger partial charge in [-0.3, -0.25) is 4.79 Å². The third kappa shape index (κ3) is 4.37. The highest BCUT2D eigenvalue weighted by Crippen LogP contribution is 2.23. The molecule has 2 saturated heterocycles. The second kappa shape index (κ2) is 8.50. The van der Waals surface area contributed by atoms with Crippen molar-refractivity contribution in [3.8, 4) is 0 Å². The molecule has 0 bridgehead atoms. The number of aromatic nitrogens is 4. The number of nitrogens with zero attached hydrogens (tertiary/aromatic N) is 6. The lowest BCUT2D eigenvalue weighted by Crippen LogP contribution is -2.41. The van der Waals surface area contributed by atoms with Crippen LogP contribution in [0.1, 0.15) is 37.8 Å². The van der Waals surface area contributed by atoms with E-state index in [4.69, 9.17) is 0 Å². The van der Waals surface area contributed by atoms with Crippen LogP contribution in [-0.2, 0) is 4.79 Å². The third-order valence-electron chi connectivity index (χ3n) is 5.48. The normalized spacial score (nSPS) is 20.1. The smallest absolute Gasteiger partial charge is 0.230 e. The summed E-state index contributed by atoms with van der Waals surface area (Å²) >= 11 is 0. The molecule has 4 heterocycles. The molecule has 8 heteroatoms. The van der Waals surface area contributed by atoms with Crippen molar-refractivity contribution < 1.29 is 4.79 Å². The largest absolute Gasteiger partial charge is 0.356 e. The zero-order valence-corrected chi connectivity index (χ0v) is 16.3. The van der Waals surface area contributed by atoms with Gasteiger partial charge in [-0.25, -0.2) is 9.97 Å². The maximum absolute atomic E-state index is 12.8. The third-order valence-corrected chi connectivity index (χ3v) is 5.48. The van der Waals surface area contributed by atoms with E-state index in [0.29, 0.717) is 12.4 Å². The van der Waals surface area contributed by atoms with Crippen LogP contribution in [0.25, 0.3) is 0 Å². The molecule has 2 aromatic rings. The average Bonchev–Trinajstić information content (AvgIpc) is 2.75. The van der Waals surface area contributed by atoms with Gasteiger partial charge in [0, 0.05) is 32.2 Å². The lowest BCUT2D eigenvalue weighted by atomic mass is 9.97. The van der Waals surface area contributed by atoms with Crippen molar-refractivity contribution >= 4 is 23.4 Å². The summed E-state index contributed by atoms with van der Waals surface area (Å²) in [5.41, 5.74) is 0.892. The van der Waals surface area contributed by atoms with E-state index in [1.165, 1.54) is 25.6 Å². The number of nitrogens with one attached hydrogen (secondary N) is 1. The molecule has 2 aliphatic rings. The number of aryl methyl sites for hydroxylation is 1. The van der Waals surface area contributed by atoms with Crippen molar-refractivity contribution in [3.05, 3.63) is 30.2 Å². The number of carbonyl (C=O) groups excluding carboxylic acids is 1. The van der Waals surface area contributed by atoms with Crippen LogP contribution in [-0.4, -0.2) is 52.3 Å². The Bertz CT molecular complexity index is 804. The molecule has 0 spiro atoms. The Morgan fingerprint density at radius 1 is 1.00 bits per heavy atom. The number of hydrogen-bond donors (Lipinski definition) is 1. The van der Waals surface area contributed by atoms with Gasteiger partial charge in [0.1, 0.15) is 18.0 Å². The van der Waals surface area contributed by atoms with Gasteiger partial charge >= 0.3 is 0 Å². The van der Waals surface area contributed by atoms with Gasteiger partial charge in [0.25, 0.3) is 0 Å². The highest BCUT2D eigenvalue weighted by atomic mass is 16.2. The fourth-order valence-electron chi connectivity index (χ4n) is 3.90. The molecule has 2 aromatic heterocycles. The second-order valence-corrected chi connectivity index (χ2v) is 7.62. The van der Waals surface area contributed by atoms with Crippen LogP contribution in [0.2, 0.25) is 0 Å². The summed E-state index contributed by atoms with van der Waals surface area (Å²) in [5.74, 6) is 2.22. The van der Waals surface area contributed by atoms with Gasteiger partial charge in [-0.15, -0.1) is 5.10 Å². The number of amides is 1. The van der Waals surface area contributed by atoms with Gasteiger partial charge in [0.2, 0.25) is 5.91 Å². The minimum atomic E-state index is -0.0924. The number of piperidine rings is 2. The van der Waals surface area contributed by atoms with Gasteiger partial charge < -0.3 is 15.1 Å².